The average Bonchev–Trinajstić information content (AvgIpc) is 3.57. The molecule has 6 heterocycles. The van der Waals surface area contributed by atoms with Gasteiger partial charge >= 0.3 is 0 Å². The lowest BCUT2D eigenvalue weighted by molar-refractivity contribution is -0.0380. The molecule has 0 bridgehead atoms. The molecule has 0 spiro atoms. The van der Waals surface area contributed by atoms with Crippen LogP contribution < -0.4 is 5.73 Å². The fraction of sp³-hybridized carbons (Fsp3) is 0.370. The quantitative estimate of drug-likeness (QED) is 0.350. The van der Waals surface area contributed by atoms with Gasteiger partial charge < -0.3 is 15.2 Å². The number of nitrogen functional groups attached to an aromatic ring is 1. The van der Waals surface area contributed by atoms with E-state index in [1.165, 1.54) is 0 Å². The van der Waals surface area contributed by atoms with Gasteiger partial charge in [0.05, 0.1) is 22.9 Å². The van der Waals surface area contributed by atoms with Crippen LogP contribution in [0.5, 0.6) is 0 Å². The fourth-order valence-corrected chi connectivity index (χ4v) is 5.52. The Kier molecular flexibility index (Phi) is 5.55. The lowest BCUT2D eigenvalue weighted by Crippen LogP contribution is -2.20. The second-order valence-corrected chi connectivity index (χ2v) is 9.62. The Hall–Kier alpha value is -3.89. The summed E-state index contributed by atoms with van der Waals surface area (Å²) in [5.41, 5.74) is 12.6. The van der Waals surface area contributed by atoms with Crippen molar-refractivity contribution < 1.29 is 9.47 Å². The maximum atomic E-state index is 6.53. The molecular formula is C27H28N8O2. The van der Waals surface area contributed by atoms with Gasteiger partial charge in [0, 0.05) is 30.7 Å². The molecule has 2 unspecified atom stereocenters. The molecule has 2 aliphatic heterocycles. The SMILES string of the molecule is Nc1cccc2nn(C3CCCCO3)c(-c3ncccc3-c3ncnc4c3ncn4C3CCCCO3)c12. The third-order valence-electron chi connectivity index (χ3n) is 7.30. The Balaban J connectivity index is 1.44. The second-order valence-electron chi connectivity index (χ2n) is 9.62. The number of rotatable bonds is 4. The summed E-state index contributed by atoms with van der Waals surface area (Å²) in [5, 5.41) is 5.80. The first-order chi connectivity index (χ1) is 18.3. The fourth-order valence-electron chi connectivity index (χ4n) is 5.52. The first kappa shape index (κ1) is 22.3. The van der Waals surface area contributed by atoms with Crippen LogP contribution in [-0.2, 0) is 9.47 Å². The van der Waals surface area contributed by atoms with Gasteiger partial charge in [0.25, 0.3) is 0 Å². The van der Waals surface area contributed by atoms with Crippen molar-refractivity contribution in [2.75, 3.05) is 18.9 Å². The van der Waals surface area contributed by atoms with Crippen molar-refractivity contribution in [1.29, 1.82) is 0 Å². The molecule has 5 aromatic rings. The minimum atomic E-state index is -0.182. The van der Waals surface area contributed by atoms with Crippen LogP contribution in [0.1, 0.15) is 51.0 Å². The molecule has 2 N–H and O–H groups in total. The summed E-state index contributed by atoms with van der Waals surface area (Å²) in [7, 11) is 0. The standard InChI is InChI=1S/C27H28N8O2/c28-18-8-5-9-19-22(18)26(35(33-19)21-11-2-4-14-37-21)24-17(7-6-12-29-24)23-25-27(31-15-30-23)34(16-32-25)20-10-1-3-13-36-20/h5-9,12,15-16,20-21H,1-4,10-11,13-14,28H2. The van der Waals surface area contributed by atoms with E-state index in [4.69, 9.17) is 35.3 Å². The molecule has 2 atom stereocenters. The van der Waals surface area contributed by atoms with Crippen LogP contribution in [0.25, 0.3) is 44.7 Å². The average molecular weight is 497 g/mol. The Morgan fingerprint density at radius 1 is 0.838 bits per heavy atom. The number of pyridine rings is 1. The zero-order valence-electron chi connectivity index (χ0n) is 20.5. The topological polar surface area (TPSA) is 119 Å². The Labute approximate surface area is 213 Å². The van der Waals surface area contributed by atoms with E-state index in [0.29, 0.717) is 23.5 Å². The van der Waals surface area contributed by atoms with Gasteiger partial charge in [0.15, 0.2) is 11.9 Å². The van der Waals surface area contributed by atoms with Crippen LogP contribution in [0.3, 0.4) is 0 Å². The lowest BCUT2D eigenvalue weighted by Gasteiger charge is -2.25. The largest absolute Gasteiger partial charge is 0.398 e. The molecule has 37 heavy (non-hydrogen) atoms. The van der Waals surface area contributed by atoms with Crippen LogP contribution in [0.2, 0.25) is 0 Å². The van der Waals surface area contributed by atoms with E-state index in [9.17, 15) is 0 Å². The van der Waals surface area contributed by atoms with Crippen molar-refractivity contribution in [3.05, 3.63) is 49.2 Å². The minimum Gasteiger partial charge on any atom is -0.398 e. The van der Waals surface area contributed by atoms with Gasteiger partial charge in [-0.15, -0.1) is 0 Å². The smallest absolute Gasteiger partial charge is 0.165 e. The van der Waals surface area contributed by atoms with Crippen molar-refractivity contribution in [2.45, 2.75) is 51.0 Å². The van der Waals surface area contributed by atoms with Crippen LogP contribution in [0.15, 0.2) is 49.2 Å². The zero-order chi connectivity index (χ0) is 24.8. The van der Waals surface area contributed by atoms with E-state index in [1.807, 2.05) is 45.9 Å². The van der Waals surface area contributed by atoms with Crippen molar-refractivity contribution in [3.8, 4) is 22.6 Å². The second kappa shape index (κ2) is 9.20. The molecule has 2 aliphatic rings. The maximum absolute atomic E-state index is 6.53. The molecule has 0 radical (unpaired) electrons. The highest BCUT2D eigenvalue weighted by Gasteiger charge is 2.28. The maximum Gasteiger partial charge on any atom is 0.165 e. The molecule has 0 saturated carbocycles. The number of hydrogen-bond donors (Lipinski definition) is 1. The number of nitrogens with two attached hydrogens (primary N) is 1. The Bertz CT molecular complexity index is 1580. The van der Waals surface area contributed by atoms with E-state index >= 15 is 0 Å². The van der Waals surface area contributed by atoms with Gasteiger partial charge in [0.2, 0.25) is 0 Å². The van der Waals surface area contributed by atoms with Crippen molar-refractivity contribution in [1.82, 2.24) is 34.3 Å². The highest BCUT2D eigenvalue weighted by atomic mass is 16.5. The van der Waals surface area contributed by atoms with Gasteiger partial charge in [-0.25, -0.2) is 19.6 Å². The normalized spacial score (nSPS) is 20.5. The van der Waals surface area contributed by atoms with Crippen LogP contribution in [-0.4, -0.2) is 47.5 Å². The number of aromatic nitrogens is 7. The van der Waals surface area contributed by atoms with Gasteiger partial charge in [-0.05, 0) is 62.8 Å². The van der Waals surface area contributed by atoms with Crippen LogP contribution >= 0.6 is 0 Å². The summed E-state index contributed by atoms with van der Waals surface area (Å²) >= 11 is 0. The predicted octanol–water partition coefficient (Wildman–Crippen LogP) is 4.89. The first-order valence-electron chi connectivity index (χ1n) is 12.9. The van der Waals surface area contributed by atoms with Crippen molar-refractivity contribution >= 4 is 27.8 Å². The highest BCUT2D eigenvalue weighted by Crippen LogP contribution is 2.40. The molecule has 2 fully saturated rings. The van der Waals surface area contributed by atoms with Gasteiger partial charge in [-0.1, -0.05) is 6.07 Å². The zero-order valence-corrected chi connectivity index (χ0v) is 20.5. The van der Waals surface area contributed by atoms with Gasteiger partial charge in [-0.3, -0.25) is 9.55 Å². The Morgan fingerprint density at radius 3 is 2.49 bits per heavy atom. The summed E-state index contributed by atoms with van der Waals surface area (Å²) in [5.74, 6) is 0. The molecular weight excluding hydrogens is 468 g/mol. The summed E-state index contributed by atoms with van der Waals surface area (Å²) in [6.45, 7) is 1.45. The summed E-state index contributed by atoms with van der Waals surface area (Å²) in [6, 6.07) is 9.73. The van der Waals surface area contributed by atoms with E-state index in [-0.39, 0.29) is 12.5 Å². The van der Waals surface area contributed by atoms with Gasteiger partial charge in [-0.2, -0.15) is 5.10 Å². The molecule has 0 aliphatic carbocycles. The molecule has 188 valence electrons. The summed E-state index contributed by atoms with van der Waals surface area (Å²) in [4.78, 5) is 18.9. The lowest BCUT2D eigenvalue weighted by atomic mass is 10.0. The number of imidazole rings is 1. The van der Waals surface area contributed by atoms with E-state index in [2.05, 4.69) is 4.98 Å². The molecule has 0 amide bonds. The van der Waals surface area contributed by atoms with E-state index in [1.54, 1.807) is 12.5 Å². The van der Waals surface area contributed by atoms with E-state index < -0.39 is 0 Å². The summed E-state index contributed by atoms with van der Waals surface area (Å²) < 4.78 is 16.1. The molecule has 1 aromatic carbocycles. The number of benzene rings is 1. The molecule has 2 saturated heterocycles. The number of hydrogen-bond acceptors (Lipinski definition) is 8. The third kappa shape index (κ3) is 3.75. The summed E-state index contributed by atoms with van der Waals surface area (Å²) in [6.07, 6.45) is 11.1. The molecule has 4 aromatic heterocycles. The minimum absolute atomic E-state index is 0.0662. The Morgan fingerprint density at radius 2 is 1.68 bits per heavy atom. The third-order valence-corrected chi connectivity index (χ3v) is 7.30. The first-order valence-corrected chi connectivity index (χ1v) is 12.9. The number of anilines is 1. The predicted molar refractivity (Wildman–Crippen MR) is 139 cm³/mol. The number of ether oxygens (including phenoxy) is 2. The molecule has 10 heteroatoms. The van der Waals surface area contributed by atoms with Crippen molar-refractivity contribution in [3.63, 3.8) is 0 Å². The number of fused-ring (bicyclic) bond motifs is 2. The highest BCUT2D eigenvalue weighted by molar-refractivity contribution is 6.04. The van der Waals surface area contributed by atoms with Crippen LogP contribution in [0, 0.1) is 0 Å². The van der Waals surface area contributed by atoms with Crippen LogP contribution in [0.4, 0.5) is 5.69 Å². The monoisotopic (exact) mass is 496 g/mol. The molecule has 10 nitrogen and oxygen atoms in total. The van der Waals surface area contributed by atoms with Gasteiger partial charge in [0.1, 0.15) is 29.5 Å². The van der Waals surface area contributed by atoms with Crippen molar-refractivity contribution in [2.24, 2.45) is 0 Å². The molecule has 7 rings (SSSR count). The van der Waals surface area contributed by atoms with E-state index in [0.717, 1.165) is 78.6 Å². The number of nitrogens with zero attached hydrogens (tertiary/aromatic N) is 7.